The number of halogens is 4. The molecule has 2 aromatic heterocycles. The molecule has 0 saturated carbocycles. The first-order valence-corrected chi connectivity index (χ1v) is 7.65. The van der Waals surface area contributed by atoms with Gasteiger partial charge in [-0.15, -0.1) is 11.3 Å². The Morgan fingerprint density at radius 3 is 2.88 bits per heavy atom. The van der Waals surface area contributed by atoms with Crippen LogP contribution in [-0.2, 0) is 12.6 Å². The first-order chi connectivity index (χ1) is 11.3. The molecule has 0 spiro atoms. The normalized spacial score (nSPS) is 11.8. The number of aromatic nitrogens is 3. The van der Waals surface area contributed by atoms with Gasteiger partial charge < -0.3 is 10.3 Å². The van der Waals surface area contributed by atoms with Crippen molar-refractivity contribution in [2.24, 2.45) is 0 Å². The monoisotopic (exact) mass is 358 g/mol. The minimum absolute atomic E-state index is 0.0797. The zero-order valence-electron chi connectivity index (χ0n) is 11.9. The van der Waals surface area contributed by atoms with Gasteiger partial charge in [-0.3, -0.25) is 4.79 Å². The van der Waals surface area contributed by atoms with Gasteiger partial charge in [0.2, 0.25) is 0 Å². The van der Waals surface area contributed by atoms with Crippen LogP contribution >= 0.6 is 11.3 Å². The Bertz CT molecular complexity index is 886. The molecule has 24 heavy (non-hydrogen) atoms. The summed E-state index contributed by atoms with van der Waals surface area (Å²) >= 11 is 0.628. The average molecular weight is 358 g/mol. The molecular weight excluding hydrogens is 348 g/mol. The number of H-pyrrole nitrogens is 1. The van der Waals surface area contributed by atoms with Gasteiger partial charge in [-0.2, -0.15) is 13.2 Å². The standard InChI is InChI=1S/C14H10F4N4OS/c15-7-1-2-8-9(5-7)22-10(21-8)3-4-19-13(23)11-12(14(16,17)18)20-6-24-11/h1-2,5-6H,3-4H2,(H,19,23)(H,21,22). The molecule has 0 aliphatic carbocycles. The summed E-state index contributed by atoms with van der Waals surface area (Å²) in [7, 11) is 0. The fourth-order valence-electron chi connectivity index (χ4n) is 2.14. The number of fused-ring (bicyclic) bond motifs is 1. The van der Waals surface area contributed by atoms with E-state index >= 15 is 0 Å². The summed E-state index contributed by atoms with van der Waals surface area (Å²) in [5, 5.41) is 2.40. The number of imidazole rings is 1. The van der Waals surface area contributed by atoms with Crippen LogP contribution in [0.2, 0.25) is 0 Å². The number of amides is 1. The van der Waals surface area contributed by atoms with Crippen molar-refractivity contribution in [2.45, 2.75) is 12.6 Å². The van der Waals surface area contributed by atoms with Crippen molar-refractivity contribution in [1.82, 2.24) is 20.3 Å². The Morgan fingerprint density at radius 2 is 2.12 bits per heavy atom. The number of nitrogens with one attached hydrogen (secondary N) is 2. The molecule has 10 heteroatoms. The summed E-state index contributed by atoms with van der Waals surface area (Å²) in [5.74, 6) is -0.751. The lowest BCUT2D eigenvalue weighted by atomic mass is 10.3. The van der Waals surface area contributed by atoms with E-state index < -0.39 is 28.5 Å². The molecule has 0 saturated heterocycles. The minimum Gasteiger partial charge on any atom is -0.351 e. The Morgan fingerprint density at radius 1 is 1.33 bits per heavy atom. The largest absolute Gasteiger partial charge is 0.434 e. The van der Waals surface area contributed by atoms with Gasteiger partial charge in [-0.05, 0) is 18.2 Å². The fourth-order valence-corrected chi connectivity index (χ4v) is 2.86. The Kier molecular flexibility index (Phi) is 4.22. The molecule has 5 nitrogen and oxygen atoms in total. The van der Waals surface area contributed by atoms with Gasteiger partial charge >= 0.3 is 6.18 Å². The van der Waals surface area contributed by atoms with Gasteiger partial charge in [0.1, 0.15) is 16.5 Å². The quantitative estimate of drug-likeness (QED) is 0.704. The molecule has 2 heterocycles. The smallest absolute Gasteiger partial charge is 0.351 e. The fraction of sp³-hybridized carbons (Fsp3) is 0.214. The molecule has 1 aromatic carbocycles. The number of aromatic amines is 1. The molecule has 0 radical (unpaired) electrons. The lowest BCUT2D eigenvalue weighted by Crippen LogP contribution is -2.27. The highest BCUT2D eigenvalue weighted by Gasteiger charge is 2.38. The first-order valence-electron chi connectivity index (χ1n) is 6.77. The maximum absolute atomic E-state index is 13.1. The number of alkyl halides is 3. The highest BCUT2D eigenvalue weighted by Crippen LogP contribution is 2.32. The van der Waals surface area contributed by atoms with Gasteiger partial charge in [-0.1, -0.05) is 0 Å². The summed E-state index contributed by atoms with van der Waals surface area (Å²) in [6.07, 6.45) is -4.41. The van der Waals surface area contributed by atoms with E-state index in [0.29, 0.717) is 28.2 Å². The molecule has 3 rings (SSSR count). The van der Waals surface area contributed by atoms with E-state index in [4.69, 9.17) is 0 Å². The van der Waals surface area contributed by atoms with E-state index in [1.165, 1.54) is 18.2 Å². The van der Waals surface area contributed by atoms with Gasteiger partial charge in [0.25, 0.3) is 5.91 Å². The minimum atomic E-state index is -4.67. The van der Waals surface area contributed by atoms with Gasteiger partial charge in [0.15, 0.2) is 5.69 Å². The van der Waals surface area contributed by atoms with Crippen molar-refractivity contribution >= 4 is 28.3 Å². The van der Waals surface area contributed by atoms with Crippen molar-refractivity contribution in [3.8, 4) is 0 Å². The van der Waals surface area contributed by atoms with Crippen LogP contribution in [-0.4, -0.2) is 27.4 Å². The van der Waals surface area contributed by atoms with Gasteiger partial charge in [-0.25, -0.2) is 14.4 Å². The topological polar surface area (TPSA) is 70.7 Å². The van der Waals surface area contributed by atoms with E-state index in [0.717, 1.165) is 5.51 Å². The van der Waals surface area contributed by atoms with Crippen LogP contribution in [0.5, 0.6) is 0 Å². The Hall–Kier alpha value is -2.49. The predicted molar refractivity (Wildman–Crippen MR) is 79.2 cm³/mol. The maximum atomic E-state index is 13.1. The number of carbonyl (C=O) groups excluding carboxylic acids is 1. The summed E-state index contributed by atoms with van der Waals surface area (Å²) < 4.78 is 51.2. The number of nitrogens with zero attached hydrogens (tertiary/aromatic N) is 2. The number of rotatable bonds is 4. The van der Waals surface area contributed by atoms with Gasteiger partial charge in [0.05, 0.1) is 16.5 Å². The van der Waals surface area contributed by atoms with Crippen LogP contribution < -0.4 is 5.32 Å². The zero-order chi connectivity index (χ0) is 17.3. The molecule has 126 valence electrons. The molecule has 0 fully saturated rings. The third-order valence-electron chi connectivity index (χ3n) is 3.18. The van der Waals surface area contributed by atoms with Crippen LogP contribution in [0.15, 0.2) is 23.7 Å². The van der Waals surface area contributed by atoms with Crippen molar-refractivity contribution in [2.75, 3.05) is 6.54 Å². The molecule has 1 amide bonds. The number of benzene rings is 1. The SMILES string of the molecule is O=C(NCCc1nc2ccc(F)cc2[nH]1)c1scnc1C(F)(F)F. The number of hydrogen-bond donors (Lipinski definition) is 2. The molecule has 0 aliphatic rings. The lowest BCUT2D eigenvalue weighted by Gasteiger charge is -2.06. The van der Waals surface area contributed by atoms with Crippen LogP contribution in [0.1, 0.15) is 21.2 Å². The second-order valence-corrected chi connectivity index (χ2v) is 5.73. The molecule has 0 atom stereocenters. The number of carbonyl (C=O) groups is 1. The van der Waals surface area contributed by atoms with E-state index in [-0.39, 0.29) is 13.0 Å². The van der Waals surface area contributed by atoms with E-state index in [2.05, 4.69) is 20.3 Å². The van der Waals surface area contributed by atoms with E-state index in [1.54, 1.807) is 0 Å². The lowest BCUT2D eigenvalue weighted by molar-refractivity contribution is -0.141. The molecular formula is C14H10F4N4OS. The van der Waals surface area contributed by atoms with Crippen LogP contribution in [0.25, 0.3) is 11.0 Å². The second kappa shape index (κ2) is 6.19. The third kappa shape index (κ3) is 3.37. The number of hydrogen-bond acceptors (Lipinski definition) is 4. The van der Waals surface area contributed by atoms with E-state index in [1.807, 2.05) is 0 Å². The van der Waals surface area contributed by atoms with Crippen LogP contribution in [0.3, 0.4) is 0 Å². The first kappa shape index (κ1) is 16.4. The maximum Gasteiger partial charge on any atom is 0.434 e. The van der Waals surface area contributed by atoms with Crippen molar-refractivity contribution in [3.05, 3.63) is 45.9 Å². The third-order valence-corrected chi connectivity index (χ3v) is 4.01. The highest BCUT2D eigenvalue weighted by atomic mass is 32.1. The van der Waals surface area contributed by atoms with Crippen LogP contribution in [0, 0.1) is 5.82 Å². The molecule has 0 aliphatic heterocycles. The summed E-state index contributed by atoms with van der Waals surface area (Å²) in [6, 6.07) is 4.07. The van der Waals surface area contributed by atoms with Crippen molar-refractivity contribution < 1.29 is 22.4 Å². The van der Waals surface area contributed by atoms with E-state index in [9.17, 15) is 22.4 Å². The predicted octanol–water partition coefficient (Wildman–Crippen LogP) is 3.15. The average Bonchev–Trinajstić information content (AvgIpc) is 3.12. The molecule has 0 unspecified atom stereocenters. The van der Waals surface area contributed by atoms with Crippen molar-refractivity contribution in [3.63, 3.8) is 0 Å². The van der Waals surface area contributed by atoms with Crippen LogP contribution in [0.4, 0.5) is 17.6 Å². The summed E-state index contributed by atoms with van der Waals surface area (Å²) in [5.41, 5.74) is 0.868. The molecule has 2 N–H and O–H groups in total. The molecule has 3 aromatic rings. The zero-order valence-corrected chi connectivity index (χ0v) is 12.8. The summed E-state index contributed by atoms with van der Waals surface area (Å²) in [6.45, 7) is 0.0797. The Labute approximate surface area is 136 Å². The second-order valence-electron chi connectivity index (χ2n) is 4.88. The molecule has 0 bridgehead atoms. The highest BCUT2D eigenvalue weighted by molar-refractivity contribution is 7.11. The van der Waals surface area contributed by atoms with Crippen molar-refractivity contribution in [1.29, 1.82) is 0 Å². The Balaban J connectivity index is 1.63. The summed E-state index contributed by atoms with van der Waals surface area (Å²) in [4.78, 5) is 21.7. The number of thiazole rings is 1. The van der Waals surface area contributed by atoms with Gasteiger partial charge in [0, 0.05) is 13.0 Å².